The van der Waals surface area contributed by atoms with E-state index in [1.807, 2.05) is 6.07 Å². The summed E-state index contributed by atoms with van der Waals surface area (Å²) in [6.45, 7) is 0. The van der Waals surface area contributed by atoms with Gasteiger partial charge in [0, 0.05) is 17.8 Å². The molecule has 0 radical (unpaired) electrons. The van der Waals surface area contributed by atoms with E-state index in [1.54, 1.807) is 17.4 Å². The number of benzene rings is 2. The van der Waals surface area contributed by atoms with Crippen molar-refractivity contribution in [3.63, 3.8) is 0 Å². The van der Waals surface area contributed by atoms with Gasteiger partial charge in [-0.1, -0.05) is 12.1 Å². The molecule has 0 saturated heterocycles. The van der Waals surface area contributed by atoms with Gasteiger partial charge < -0.3 is 20.1 Å². The van der Waals surface area contributed by atoms with Crippen LogP contribution in [-0.2, 0) is 16.0 Å². The molecule has 0 spiro atoms. The standard InChI is InChI=1S/C19H19F3N2O4/c1-27-15-8-6-12(10-16(15)28-2)7-9-17(25)23-13-4-3-5-14(11-13)24-18(26)19(20,21)22/h3-6,8,10-11H,7,9H2,1-2H3,(H,23,25)(H,24,26). The molecule has 2 aromatic carbocycles. The number of rotatable bonds is 7. The Morgan fingerprint density at radius 2 is 1.57 bits per heavy atom. The highest BCUT2D eigenvalue weighted by atomic mass is 19.4. The van der Waals surface area contributed by atoms with Crippen LogP contribution in [0, 0.1) is 0 Å². The zero-order valence-corrected chi connectivity index (χ0v) is 15.2. The zero-order chi connectivity index (χ0) is 20.7. The highest BCUT2D eigenvalue weighted by Gasteiger charge is 2.38. The molecule has 28 heavy (non-hydrogen) atoms. The second kappa shape index (κ2) is 9.12. The van der Waals surface area contributed by atoms with Crippen molar-refractivity contribution in [3.05, 3.63) is 48.0 Å². The van der Waals surface area contributed by atoms with Crippen LogP contribution in [0.15, 0.2) is 42.5 Å². The van der Waals surface area contributed by atoms with Gasteiger partial charge in [-0.15, -0.1) is 0 Å². The van der Waals surface area contributed by atoms with Crippen molar-refractivity contribution in [3.8, 4) is 11.5 Å². The van der Waals surface area contributed by atoms with Crippen molar-refractivity contribution in [2.24, 2.45) is 0 Å². The van der Waals surface area contributed by atoms with E-state index >= 15 is 0 Å². The van der Waals surface area contributed by atoms with Gasteiger partial charge in [-0.2, -0.15) is 13.2 Å². The van der Waals surface area contributed by atoms with Gasteiger partial charge in [0.15, 0.2) is 11.5 Å². The van der Waals surface area contributed by atoms with Crippen molar-refractivity contribution < 1.29 is 32.2 Å². The normalized spacial score (nSPS) is 10.9. The molecule has 0 aromatic heterocycles. The first-order chi connectivity index (χ1) is 13.2. The lowest BCUT2D eigenvalue weighted by Gasteiger charge is -2.11. The molecular formula is C19H19F3N2O4. The van der Waals surface area contributed by atoms with Gasteiger partial charge in [-0.25, -0.2) is 0 Å². The van der Waals surface area contributed by atoms with E-state index in [9.17, 15) is 22.8 Å². The zero-order valence-electron chi connectivity index (χ0n) is 15.2. The molecule has 6 nitrogen and oxygen atoms in total. The largest absolute Gasteiger partial charge is 0.493 e. The second-order valence-corrected chi connectivity index (χ2v) is 5.77. The van der Waals surface area contributed by atoms with Crippen LogP contribution in [0.1, 0.15) is 12.0 Å². The number of aryl methyl sites for hydroxylation is 1. The summed E-state index contributed by atoms with van der Waals surface area (Å²) in [7, 11) is 3.04. The fourth-order valence-corrected chi connectivity index (χ4v) is 2.39. The van der Waals surface area contributed by atoms with E-state index in [0.717, 1.165) is 5.56 Å². The van der Waals surface area contributed by atoms with Gasteiger partial charge in [-0.05, 0) is 42.3 Å². The number of carbonyl (C=O) groups is 2. The maximum atomic E-state index is 12.3. The van der Waals surface area contributed by atoms with Crippen molar-refractivity contribution >= 4 is 23.2 Å². The molecule has 0 saturated carbocycles. The summed E-state index contributed by atoms with van der Waals surface area (Å²) in [6, 6.07) is 10.8. The van der Waals surface area contributed by atoms with E-state index in [0.29, 0.717) is 17.9 Å². The summed E-state index contributed by atoms with van der Waals surface area (Å²) < 4.78 is 47.3. The minimum Gasteiger partial charge on any atom is -0.493 e. The van der Waals surface area contributed by atoms with E-state index in [1.165, 1.54) is 38.5 Å². The molecular weight excluding hydrogens is 377 g/mol. The number of anilines is 2. The molecule has 0 aliphatic rings. The number of methoxy groups -OCH3 is 2. The molecule has 0 aliphatic carbocycles. The summed E-state index contributed by atoms with van der Waals surface area (Å²) in [5.41, 5.74) is 1.07. The van der Waals surface area contributed by atoms with Crippen LogP contribution < -0.4 is 20.1 Å². The molecule has 2 rings (SSSR count). The average Bonchev–Trinajstić information content (AvgIpc) is 2.65. The maximum Gasteiger partial charge on any atom is 0.471 e. The number of nitrogens with one attached hydrogen (secondary N) is 2. The Hall–Kier alpha value is -3.23. The third-order valence-electron chi connectivity index (χ3n) is 3.75. The molecule has 0 bridgehead atoms. The number of carbonyl (C=O) groups excluding carboxylic acids is 2. The van der Waals surface area contributed by atoms with Crippen LogP contribution in [0.3, 0.4) is 0 Å². The third-order valence-corrected chi connectivity index (χ3v) is 3.75. The van der Waals surface area contributed by atoms with E-state index in [-0.39, 0.29) is 23.7 Å². The first-order valence-electron chi connectivity index (χ1n) is 8.22. The predicted octanol–water partition coefficient (Wildman–Crippen LogP) is 3.78. The molecule has 150 valence electrons. The van der Waals surface area contributed by atoms with Crippen molar-refractivity contribution in [2.75, 3.05) is 24.9 Å². The Bertz CT molecular complexity index is 853. The van der Waals surface area contributed by atoms with Gasteiger partial charge in [0.1, 0.15) is 0 Å². The van der Waals surface area contributed by atoms with Crippen LogP contribution in [0.5, 0.6) is 11.5 Å². The topological polar surface area (TPSA) is 76.7 Å². The van der Waals surface area contributed by atoms with Crippen molar-refractivity contribution in [2.45, 2.75) is 19.0 Å². The highest BCUT2D eigenvalue weighted by molar-refractivity contribution is 5.96. The summed E-state index contributed by atoms with van der Waals surface area (Å²) in [5, 5.41) is 4.32. The molecule has 2 amide bonds. The maximum absolute atomic E-state index is 12.3. The second-order valence-electron chi connectivity index (χ2n) is 5.77. The van der Waals surface area contributed by atoms with Gasteiger partial charge in [-0.3, -0.25) is 9.59 Å². The summed E-state index contributed by atoms with van der Waals surface area (Å²) >= 11 is 0. The quantitative estimate of drug-likeness (QED) is 0.747. The predicted molar refractivity (Wildman–Crippen MR) is 97.6 cm³/mol. The molecule has 0 unspecified atom stereocenters. The van der Waals surface area contributed by atoms with E-state index < -0.39 is 12.1 Å². The average molecular weight is 396 g/mol. The number of alkyl halides is 3. The number of amides is 2. The van der Waals surface area contributed by atoms with Crippen LogP contribution in [0.2, 0.25) is 0 Å². The van der Waals surface area contributed by atoms with Gasteiger partial charge in [0.2, 0.25) is 5.91 Å². The summed E-state index contributed by atoms with van der Waals surface area (Å²) in [5.74, 6) is -1.28. The SMILES string of the molecule is COc1ccc(CCC(=O)Nc2cccc(NC(=O)C(F)(F)F)c2)cc1OC. The molecule has 0 atom stereocenters. The van der Waals surface area contributed by atoms with E-state index in [4.69, 9.17) is 9.47 Å². The van der Waals surface area contributed by atoms with Crippen LogP contribution >= 0.6 is 0 Å². The molecule has 0 aliphatic heterocycles. The van der Waals surface area contributed by atoms with Gasteiger partial charge >= 0.3 is 12.1 Å². The Labute approximate surface area is 159 Å². The molecule has 2 aromatic rings. The lowest BCUT2D eigenvalue weighted by atomic mass is 10.1. The Morgan fingerprint density at radius 3 is 2.18 bits per heavy atom. The minimum absolute atomic E-state index is 0.0694. The fraction of sp³-hybridized carbons (Fsp3) is 0.263. The van der Waals surface area contributed by atoms with Gasteiger partial charge in [0.05, 0.1) is 14.2 Å². The van der Waals surface area contributed by atoms with Crippen molar-refractivity contribution in [1.82, 2.24) is 0 Å². The highest BCUT2D eigenvalue weighted by Crippen LogP contribution is 2.28. The lowest BCUT2D eigenvalue weighted by molar-refractivity contribution is -0.167. The Balaban J connectivity index is 1.95. The van der Waals surface area contributed by atoms with E-state index in [2.05, 4.69) is 5.32 Å². The first-order valence-corrected chi connectivity index (χ1v) is 8.22. The molecule has 0 fully saturated rings. The third kappa shape index (κ3) is 5.90. The fourth-order valence-electron chi connectivity index (χ4n) is 2.39. The number of hydrogen-bond donors (Lipinski definition) is 2. The van der Waals surface area contributed by atoms with Crippen LogP contribution in [0.25, 0.3) is 0 Å². The van der Waals surface area contributed by atoms with Crippen LogP contribution in [-0.4, -0.2) is 32.2 Å². The Kier molecular flexibility index (Phi) is 6.86. The smallest absolute Gasteiger partial charge is 0.471 e. The first kappa shape index (κ1) is 21.1. The molecule has 9 heteroatoms. The van der Waals surface area contributed by atoms with Crippen LogP contribution in [0.4, 0.5) is 24.5 Å². The molecule has 2 N–H and O–H groups in total. The monoisotopic (exact) mass is 396 g/mol. The molecule has 0 heterocycles. The summed E-state index contributed by atoms with van der Waals surface area (Å²) in [6.07, 6.45) is -4.41. The minimum atomic E-state index is -4.99. The van der Waals surface area contributed by atoms with Crippen molar-refractivity contribution in [1.29, 1.82) is 0 Å². The number of ether oxygens (including phenoxy) is 2. The Morgan fingerprint density at radius 1 is 0.929 bits per heavy atom. The summed E-state index contributed by atoms with van der Waals surface area (Å²) in [4.78, 5) is 23.1. The number of halogens is 3. The lowest BCUT2D eigenvalue weighted by Crippen LogP contribution is -2.29. The van der Waals surface area contributed by atoms with Gasteiger partial charge in [0.25, 0.3) is 0 Å². The number of hydrogen-bond acceptors (Lipinski definition) is 4.